The lowest BCUT2D eigenvalue weighted by atomic mass is 10.2. The molecule has 1 aromatic carbocycles. The molecule has 0 spiro atoms. The summed E-state index contributed by atoms with van der Waals surface area (Å²) in [4.78, 5) is 16.8. The minimum atomic E-state index is -0.0713. The Morgan fingerprint density at radius 2 is 2.05 bits per heavy atom. The van der Waals surface area contributed by atoms with Crippen molar-refractivity contribution in [3.8, 4) is 0 Å². The zero-order valence-corrected chi connectivity index (χ0v) is 12.0. The van der Waals surface area contributed by atoms with E-state index in [0.717, 1.165) is 10.5 Å². The van der Waals surface area contributed by atoms with E-state index in [1.807, 2.05) is 31.2 Å². The Bertz CT molecular complexity index is 555. The Morgan fingerprint density at radius 1 is 1.32 bits per heavy atom. The molecule has 1 N–H and O–H groups in total. The van der Waals surface area contributed by atoms with Gasteiger partial charge in [0.2, 0.25) is 5.91 Å². The molecule has 0 saturated carbocycles. The van der Waals surface area contributed by atoms with Crippen LogP contribution < -0.4 is 5.32 Å². The topological polar surface area (TPSA) is 42.0 Å². The van der Waals surface area contributed by atoms with Gasteiger partial charge >= 0.3 is 0 Å². The number of amides is 1. The minimum Gasteiger partial charge on any atom is -0.324 e. The van der Waals surface area contributed by atoms with Gasteiger partial charge in [-0.05, 0) is 30.7 Å². The summed E-state index contributed by atoms with van der Waals surface area (Å²) >= 11 is 7.53. The lowest BCUT2D eigenvalue weighted by Gasteiger charge is -2.09. The quantitative estimate of drug-likeness (QED) is 0.872. The number of aryl methyl sites for hydroxylation is 1. The average Bonchev–Trinajstić information content (AvgIpc) is 2.42. The molecule has 2 aromatic rings. The zero-order chi connectivity index (χ0) is 13.7. The molecule has 0 fully saturated rings. The number of rotatable bonds is 4. The van der Waals surface area contributed by atoms with E-state index in [9.17, 15) is 4.79 Å². The maximum atomic E-state index is 11.9. The molecule has 0 unspecified atom stereocenters. The molecule has 1 amide bonds. The van der Waals surface area contributed by atoms with Crippen LogP contribution in [-0.4, -0.2) is 16.6 Å². The Hall–Kier alpha value is -1.52. The number of benzene rings is 1. The molecule has 2 rings (SSSR count). The number of nitrogens with zero attached hydrogens (tertiary/aromatic N) is 1. The van der Waals surface area contributed by atoms with E-state index in [2.05, 4.69) is 10.3 Å². The maximum absolute atomic E-state index is 11.9. The van der Waals surface area contributed by atoms with Gasteiger partial charge in [0.1, 0.15) is 0 Å². The van der Waals surface area contributed by atoms with Crippen molar-refractivity contribution in [2.24, 2.45) is 0 Å². The first-order valence-electron chi connectivity index (χ1n) is 5.74. The molecular formula is C14H13ClN2OS. The molecule has 1 heterocycles. The fourth-order valence-corrected chi connectivity index (χ4v) is 2.50. The molecule has 0 aliphatic carbocycles. The molecule has 98 valence electrons. The highest BCUT2D eigenvalue weighted by atomic mass is 35.5. The van der Waals surface area contributed by atoms with Crippen LogP contribution in [0, 0.1) is 6.92 Å². The van der Waals surface area contributed by atoms with Gasteiger partial charge in [-0.2, -0.15) is 0 Å². The number of carbonyl (C=O) groups excluding carboxylic acids is 1. The van der Waals surface area contributed by atoms with Gasteiger partial charge in [-0.1, -0.05) is 23.7 Å². The van der Waals surface area contributed by atoms with E-state index in [1.165, 1.54) is 11.8 Å². The second kappa shape index (κ2) is 6.59. The molecule has 1 aromatic heterocycles. The molecule has 19 heavy (non-hydrogen) atoms. The van der Waals surface area contributed by atoms with E-state index < -0.39 is 0 Å². The molecule has 3 nitrogen and oxygen atoms in total. The van der Waals surface area contributed by atoms with Crippen LogP contribution in [-0.2, 0) is 4.79 Å². The summed E-state index contributed by atoms with van der Waals surface area (Å²) in [5.41, 5.74) is 1.64. The fourth-order valence-electron chi connectivity index (χ4n) is 1.55. The molecule has 0 aliphatic rings. The van der Waals surface area contributed by atoms with Gasteiger partial charge in [0.05, 0.1) is 16.5 Å². The van der Waals surface area contributed by atoms with Crippen molar-refractivity contribution in [3.05, 3.63) is 53.3 Å². The highest BCUT2D eigenvalue weighted by molar-refractivity contribution is 8.00. The van der Waals surface area contributed by atoms with Crippen LogP contribution in [0.2, 0.25) is 5.02 Å². The second-order valence-electron chi connectivity index (χ2n) is 3.95. The number of thioether (sulfide) groups is 1. The van der Waals surface area contributed by atoms with Crippen molar-refractivity contribution in [3.63, 3.8) is 0 Å². The Morgan fingerprint density at radius 3 is 2.74 bits per heavy atom. The summed E-state index contributed by atoms with van der Waals surface area (Å²) in [7, 11) is 0. The normalized spacial score (nSPS) is 10.2. The smallest absolute Gasteiger partial charge is 0.234 e. The van der Waals surface area contributed by atoms with Gasteiger partial charge in [0.25, 0.3) is 0 Å². The third-order valence-electron chi connectivity index (χ3n) is 2.51. The van der Waals surface area contributed by atoms with Crippen LogP contribution in [0.1, 0.15) is 5.56 Å². The first-order valence-corrected chi connectivity index (χ1v) is 7.11. The number of para-hydroxylation sites is 1. The van der Waals surface area contributed by atoms with Crippen molar-refractivity contribution in [1.29, 1.82) is 0 Å². The van der Waals surface area contributed by atoms with Crippen LogP contribution in [0.4, 0.5) is 5.69 Å². The molecule has 0 aliphatic heterocycles. The van der Waals surface area contributed by atoms with E-state index in [0.29, 0.717) is 16.5 Å². The lowest BCUT2D eigenvalue weighted by molar-refractivity contribution is -0.113. The zero-order valence-electron chi connectivity index (χ0n) is 10.4. The first-order chi connectivity index (χ1) is 9.16. The van der Waals surface area contributed by atoms with Crippen molar-refractivity contribution in [2.45, 2.75) is 11.8 Å². The third-order valence-corrected chi connectivity index (χ3v) is 3.83. The number of hydrogen-bond acceptors (Lipinski definition) is 3. The molecule has 5 heteroatoms. The summed E-state index contributed by atoms with van der Waals surface area (Å²) in [6.07, 6.45) is 3.41. The molecule has 0 bridgehead atoms. The van der Waals surface area contributed by atoms with Crippen LogP contribution in [0.3, 0.4) is 0 Å². The van der Waals surface area contributed by atoms with Crippen LogP contribution in [0.15, 0.2) is 47.6 Å². The summed E-state index contributed by atoms with van der Waals surface area (Å²) in [5, 5.41) is 3.40. The molecule has 0 saturated heterocycles. The highest BCUT2D eigenvalue weighted by Gasteiger charge is 2.08. The standard InChI is InChI=1S/C14H13ClN2OS/c1-10-3-2-4-12(15)14(10)17-13(18)9-19-11-5-7-16-8-6-11/h2-8H,9H2,1H3,(H,17,18). The third kappa shape index (κ3) is 3.98. The van der Waals surface area contributed by atoms with Gasteiger partial charge in [-0.25, -0.2) is 0 Å². The lowest BCUT2D eigenvalue weighted by Crippen LogP contribution is -2.15. The minimum absolute atomic E-state index is 0.0713. The van der Waals surface area contributed by atoms with Crippen LogP contribution in [0.5, 0.6) is 0 Å². The van der Waals surface area contributed by atoms with E-state index >= 15 is 0 Å². The van der Waals surface area contributed by atoms with Gasteiger partial charge in [-0.15, -0.1) is 11.8 Å². The average molecular weight is 293 g/mol. The number of nitrogens with one attached hydrogen (secondary N) is 1. The Kier molecular flexibility index (Phi) is 4.82. The number of pyridine rings is 1. The van der Waals surface area contributed by atoms with Gasteiger partial charge in [-0.3, -0.25) is 9.78 Å². The Balaban J connectivity index is 1.95. The van der Waals surface area contributed by atoms with Crippen molar-refractivity contribution in [2.75, 3.05) is 11.1 Å². The van der Waals surface area contributed by atoms with E-state index in [4.69, 9.17) is 11.6 Å². The fraction of sp³-hybridized carbons (Fsp3) is 0.143. The largest absolute Gasteiger partial charge is 0.324 e. The number of hydrogen-bond donors (Lipinski definition) is 1. The van der Waals surface area contributed by atoms with Gasteiger partial charge in [0, 0.05) is 17.3 Å². The molecule has 0 atom stereocenters. The summed E-state index contributed by atoms with van der Waals surface area (Å²) < 4.78 is 0. The SMILES string of the molecule is Cc1cccc(Cl)c1NC(=O)CSc1ccncc1. The van der Waals surface area contributed by atoms with Crippen LogP contribution in [0.25, 0.3) is 0 Å². The van der Waals surface area contributed by atoms with Crippen molar-refractivity contribution < 1.29 is 4.79 Å². The maximum Gasteiger partial charge on any atom is 0.234 e. The second-order valence-corrected chi connectivity index (χ2v) is 5.41. The first kappa shape index (κ1) is 13.9. The number of anilines is 1. The summed E-state index contributed by atoms with van der Waals surface area (Å²) in [6, 6.07) is 9.29. The number of carbonyl (C=O) groups is 1. The van der Waals surface area contributed by atoms with Crippen molar-refractivity contribution >= 4 is 35.0 Å². The molecule has 0 radical (unpaired) electrons. The summed E-state index contributed by atoms with van der Waals surface area (Å²) in [5.74, 6) is 0.271. The van der Waals surface area contributed by atoms with Crippen LogP contribution >= 0.6 is 23.4 Å². The van der Waals surface area contributed by atoms with Crippen molar-refractivity contribution in [1.82, 2.24) is 4.98 Å². The number of halogens is 1. The van der Waals surface area contributed by atoms with Gasteiger partial charge in [0.15, 0.2) is 0 Å². The predicted octanol–water partition coefficient (Wildman–Crippen LogP) is 3.77. The monoisotopic (exact) mass is 292 g/mol. The highest BCUT2D eigenvalue weighted by Crippen LogP contribution is 2.25. The Labute approximate surface area is 121 Å². The number of aromatic nitrogens is 1. The predicted molar refractivity (Wildman–Crippen MR) is 79.8 cm³/mol. The van der Waals surface area contributed by atoms with E-state index in [-0.39, 0.29) is 5.91 Å². The molecular weight excluding hydrogens is 280 g/mol. The van der Waals surface area contributed by atoms with Gasteiger partial charge < -0.3 is 5.32 Å². The van der Waals surface area contributed by atoms with E-state index in [1.54, 1.807) is 18.5 Å². The summed E-state index contributed by atoms with van der Waals surface area (Å²) in [6.45, 7) is 1.91.